The summed E-state index contributed by atoms with van der Waals surface area (Å²) in [6.45, 7) is 3.17. The van der Waals surface area contributed by atoms with Gasteiger partial charge in [0.1, 0.15) is 0 Å². The molecular weight excluding hydrogens is 392 g/mol. The molecule has 0 unspecified atom stereocenters. The fraction of sp³-hybridized carbons (Fsp3) is 0.318. The Morgan fingerprint density at radius 3 is 2.21 bits per heavy atom. The first-order valence-corrected chi connectivity index (χ1v) is 9.76. The molecule has 1 saturated carbocycles. The molecular formula is C22H23ClN2O4. The Bertz CT molecular complexity index is 916. The zero-order chi connectivity index (χ0) is 21.0. The first-order valence-electron chi connectivity index (χ1n) is 9.38. The van der Waals surface area contributed by atoms with E-state index in [0.29, 0.717) is 17.9 Å². The fourth-order valence-corrected chi connectivity index (χ4v) is 3.32. The highest BCUT2D eigenvalue weighted by Gasteiger charge is 2.52. The highest BCUT2D eigenvalue weighted by molar-refractivity contribution is 6.30. The van der Waals surface area contributed by atoms with Gasteiger partial charge >= 0.3 is 5.97 Å². The quantitative estimate of drug-likeness (QED) is 0.681. The van der Waals surface area contributed by atoms with Gasteiger partial charge in [0.05, 0.1) is 12.0 Å². The van der Waals surface area contributed by atoms with E-state index in [4.69, 9.17) is 16.3 Å². The first-order chi connectivity index (χ1) is 13.8. The van der Waals surface area contributed by atoms with E-state index in [-0.39, 0.29) is 12.5 Å². The molecule has 1 fully saturated rings. The molecule has 7 heteroatoms. The van der Waals surface area contributed by atoms with Crippen molar-refractivity contribution in [1.29, 1.82) is 0 Å². The molecule has 1 aliphatic rings. The number of aryl methyl sites for hydroxylation is 2. The van der Waals surface area contributed by atoms with E-state index in [9.17, 15) is 14.4 Å². The second-order valence-electron chi connectivity index (χ2n) is 7.26. The minimum atomic E-state index is -0.690. The van der Waals surface area contributed by atoms with Crippen molar-refractivity contribution in [2.75, 3.05) is 18.5 Å². The number of benzene rings is 2. The number of hydrogen-bond donors (Lipinski definition) is 2. The standard InChI is InChI=1S/C22H23ClN2O4/c1-14-4-3-5-15(2)20(14)25-18(26)12-24-19(27)13-29-21(28)22(10-11-22)16-6-8-17(23)9-7-16/h3-9H,10-13H2,1-2H3,(H,24,27)(H,25,26). The third-order valence-electron chi connectivity index (χ3n) is 5.06. The van der Waals surface area contributed by atoms with Crippen LogP contribution in [0.3, 0.4) is 0 Å². The lowest BCUT2D eigenvalue weighted by atomic mass is 9.96. The van der Waals surface area contributed by atoms with Gasteiger partial charge in [0.25, 0.3) is 5.91 Å². The van der Waals surface area contributed by atoms with Gasteiger partial charge in [-0.1, -0.05) is 41.9 Å². The molecule has 1 aliphatic carbocycles. The SMILES string of the molecule is Cc1cccc(C)c1NC(=O)CNC(=O)COC(=O)C1(c2ccc(Cl)cc2)CC1. The van der Waals surface area contributed by atoms with E-state index < -0.39 is 23.9 Å². The van der Waals surface area contributed by atoms with Crippen LogP contribution in [0.15, 0.2) is 42.5 Å². The minimum Gasteiger partial charge on any atom is -0.455 e. The van der Waals surface area contributed by atoms with Crippen LogP contribution in [0.4, 0.5) is 5.69 Å². The summed E-state index contributed by atoms with van der Waals surface area (Å²) in [6.07, 6.45) is 1.35. The minimum absolute atomic E-state index is 0.202. The molecule has 2 N–H and O–H groups in total. The lowest BCUT2D eigenvalue weighted by Crippen LogP contribution is -2.36. The molecule has 6 nitrogen and oxygen atoms in total. The molecule has 2 aromatic rings. The molecule has 3 rings (SSSR count). The van der Waals surface area contributed by atoms with Crippen LogP contribution in [0.25, 0.3) is 0 Å². The predicted molar refractivity (Wildman–Crippen MR) is 111 cm³/mol. The summed E-state index contributed by atoms with van der Waals surface area (Å²) in [5, 5.41) is 5.85. The summed E-state index contributed by atoms with van der Waals surface area (Å²) >= 11 is 5.89. The third kappa shape index (κ3) is 4.95. The maximum absolute atomic E-state index is 12.5. The molecule has 0 bridgehead atoms. The Morgan fingerprint density at radius 1 is 1.00 bits per heavy atom. The molecule has 29 heavy (non-hydrogen) atoms. The molecule has 152 valence electrons. The number of esters is 1. The highest BCUT2D eigenvalue weighted by atomic mass is 35.5. The van der Waals surface area contributed by atoms with Crippen molar-refractivity contribution in [1.82, 2.24) is 5.32 Å². The molecule has 0 heterocycles. The second kappa shape index (κ2) is 8.66. The Labute approximate surface area is 174 Å². The maximum Gasteiger partial charge on any atom is 0.317 e. The zero-order valence-electron chi connectivity index (χ0n) is 16.4. The van der Waals surface area contributed by atoms with E-state index in [1.807, 2.05) is 32.0 Å². The van der Waals surface area contributed by atoms with Gasteiger partial charge in [-0.2, -0.15) is 0 Å². The molecule has 0 aromatic heterocycles. The van der Waals surface area contributed by atoms with E-state index >= 15 is 0 Å². The summed E-state index contributed by atoms with van der Waals surface area (Å²) in [5.74, 6) is -1.31. The van der Waals surface area contributed by atoms with Gasteiger partial charge in [0.2, 0.25) is 5.91 Å². The molecule has 0 aliphatic heterocycles. The number of ether oxygens (including phenoxy) is 1. The van der Waals surface area contributed by atoms with Gasteiger partial charge in [-0.05, 0) is 55.5 Å². The van der Waals surface area contributed by atoms with Crippen LogP contribution in [0.2, 0.25) is 5.02 Å². The van der Waals surface area contributed by atoms with Gasteiger partial charge in [-0.3, -0.25) is 14.4 Å². The number of nitrogens with one attached hydrogen (secondary N) is 2. The first kappa shape index (κ1) is 20.9. The third-order valence-corrected chi connectivity index (χ3v) is 5.32. The summed E-state index contributed by atoms with van der Waals surface area (Å²) in [4.78, 5) is 36.5. The Morgan fingerprint density at radius 2 is 1.62 bits per heavy atom. The number of carbonyl (C=O) groups excluding carboxylic acids is 3. The van der Waals surface area contributed by atoms with Crippen LogP contribution in [0.5, 0.6) is 0 Å². The molecule has 2 aromatic carbocycles. The average molecular weight is 415 g/mol. The lowest BCUT2D eigenvalue weighted by Gasteiger charge is -2.15. The van der Waals surface area contributed by atoms with Crippen molar-refractivity contribution in [2.24, 2.45) is 0 Å². The summed E-state index contributed by atoms with van der Waals surface area (Å²) in [6, 6.07) is 12.8. The summed E-state index contributed by atoms with van der Waals surface area (Å²) < 4.78 is 5.19. The van der Waals surface area contributed by atoms with Gasteiger partial charge in [-0.15, -0.1) is 0 Å². The maximum atomic E-state index is 12.5. The molecule has 2 amide bonds. The van der Waals surface area contributed by atoms with E-state index in [2.05, 4.69) is 10.6 Å². The largest absolute Gasteiger partial charge is 0.455 e. The van der Waals surface area contributed by atoms with Crippen LogP contribution in [0.1, 0.15) is 29.5 Å². The van der Waals surface area contributed by atoms with E-state index in [0.717, 1.165) is 22.4 Å². The molecule has 0 saturated heterocycles. The van der Waals surface area contributed by atoms with Crippen molar-refractivity contribution >= 4 is 35.1 Å². The van der Waals surface area contributed by atoms with Crippen LogP contribution >= 0.6 is 11.6 Å². The Kier molecular flexibility index (Phi) is 6.23. The predicted octanol–water partition coefficient (Wildman–Crippen LogP) is 3.29. The normalized spacial score (nSPS) is 14.0. The van der Waals surface area contributed by atoms with Gasteiger partial charge < -0.3 is 15.4 Å². The monoisotopic (exact) mass is 414 g/mol. The Hall–Kier alpha value is -2.86. The number of para-hydroxylation sites is 1. The number of anilines is 1. The van der Waals surface area contributed by atoms with Crippen LogP contribution < -0.4 is 10.6 Å². The molecule has 0 spiro atoms. The van der Waals surface area contributed by atoms with Crippen molar-refractivity contribution in [3.63, 3.8) is 0 Å². The number of rotatable bonds is 7. The number of halogens is 1. The number of hydrogen-bond acceptors (Lipinski definition) is 4. The van der Waals surface area contributed by atoms with Crippen molar-refractivity contribution in [3.8, 4) is 0 Å². The van der Waals surface area contributed by atoms with Crippen molar-refractivity contribution in [3.05, 3.63) is 64.2 Å². The fourth-order valence-electron chi connectivity index (χ4n) is 3.20. The number of amides is 2. The highest BCUT2D eigenvalue weighted by Crippen LogP contribution is 2.49. The van der Waals surface area contributed by atoms with Gasteiger partial charge in [0.15, 0.2) is 6.61 Å². The molecule has 0 atom stereocenters. The smallest absolute Gasteiger partial charge is 0.317 e. The van der Waals surface area contributed by atoms with Crippen LogP contribution in [-0.2, 0) is 24.5 Å². The summed E-state index contributed by atoms with van der Waals surface area (Å²) in [7, 11) is 0. The van der Waals surface area contributed by atoms with E-state index in [1.54, 1.807) is 24.3 Å². The second-order valence-corrected chi connectivity index (χ2v) is 7.69. The van der Waals surface area contributed by atoms with Crippen molar-refractivity contribution in [2.45, 2.75) is 32.1 Å². The van der Waals surface area contributed by atoms with Crippen LogP contribution in [0, 0.1) is 13.8 Å². The average Bonchev–Trinajstić information content (AvgIpc) is 3.50. The Balaban J connectivity index is 1.46. The van der Waals surface area contributed by atoms with Gasteiger partial charge in [-0.25, -0.2) is 0 Å². The summed E-state index contributed by atoms with van der Waals surface area (Å²) in [5.41, 5.74) is 2.76. The van der Waals surface area contributed by atoms with E-state index in [1.165, 1.54) is 0 Å². The van der Waals surface area contributed by atoms with Crippen molar-refractivity contribution < 1.29 is 19.1 Å². The lowest BCUT2D eigenvalue weighted by molar-refractivity contribution is -0.151. The zero-order valence-corrected chi connectivity index (χ0v) is 17.1. The number of carbonyl (C=O) groups is 3. The molecule has 0 radical (unpaired) electrons. The van der Waals surface area contributed by atoms with Gasteiger partial charge in [0, 0.05) is 10.7 Å². The van der Waals surface area contributed by atoms with Crippen LogP contribution in [-0.4, -0.2) is 30.9 Å². The topological polar surface area (TPSA) is 84.5 Å².